The quantitative estimate of drug-likeness (QED) is 0.623. The molecule has 7 nitrogen and oxygen atoms in total. The second-order valence-corrected chi connectivity index (χ2v) is 10.6. The summed E-state index contributed by atoms with van der Waals surface area (Å²) in [5, 5.41) is 13.6. The van der Waals surface area contributed by atoms with Crippen LogP contribution in [0.5, 0.6) is 0 Å². The third-order valence-corrected chi connectivity index (χ3v) is 8.02. The van der Waals surface area contributed by atoms with Crippen molar-refractivity contribution in [1.82, 2.24) is 24.9 Å². The average Bonchev–Trinajstić information content (AvgIpc) is 2.93. The van der Waals surface area contributed by atoms with Gasteiger partial charge in [0.15, 0.2) is 0 Å². The minimum absolute atomic E-state index is 0.0366. The zero-order valence-electron chi connectivity index (χ0n) is 21.4. The maximum Gasteiger partial charge on any atom is 0.317 e. The Kier molecular flexibility index (Phi) is 8.54. The number of nitrogens with zero attached hydrogens (tertiary/aromatic N) is 4. The zero-order chi connectivity index (χ0) is 24.7. The summed E-state index contributed by atoms with van der Waals surface area (Å²) in [6.07, 6.45) is 2.65. The maximum atomic E-state index is 12.9. The molecule has 3 heterocycles. The highest BCUT2D eigenvalue weighted by Gasteiger charge is 2.30. The third kappa shape index (κ3) is 6.65. The highest BCUT2D eigenvalue weighted by atomic mass is 16.3. The van der Waals surface area contributed by atoms with Gasteiger partial charge in [-0.2, -0.15) is 0 Å². The number of carbonyl (C=O) groups is 1. The number of carbonyl (C=O) groups excluding carboxylic acids is 1. The minimum Gasteiger partial charge on any atom is -0.390 e. The number of benzene rings is 2. The van der Waals surface area contributed by atoms with Crippen molar-refractivity contribution < 1.29 is 9.90 Å². The largest absolute Gasteiger partial charge is 0.390 e. The van der Waals surface area contributed by atoms with Crippen molar-refractivity contribution >= 4 is 6.03 Å². The minimum atomic E-state index is -0.558. The lowest BCUT2D eigenvalue weighted by Gasteiger charge is -2.43. The van der Waals surface area contributed by atoms with Crippen LogP contribution in [-0.4, -0.2) is 102 Å². The van der Waals surface area contributed by atoms with Crippen molar-refractivity contribution in [2.24, 2.45) is 0 Å². The van der Waals surface area contributed by atoms with E-state index in [9.17, 15) is 9.90 Å². The number of amides is 2. The molecule has 0 spiro atoms. The summed E-state index contributed by atoms with van der Waals surface area (Å²) in [6.45, 7) is 9.58. The van der Waals surface area contributed by atoms with Crippen LogP contribution in [0.2, 0.25) is 0 Å². The molecule has 0 saturated carbocycles. The number of urea groups is 1. The number of aliphatic hydroxyl groups is 1. The molecule has 0 bridgehead atoms. The van der Waals surface area contributed by atoms with Crippen LogP contribution in [-0.2, 0) is 19.5 Å². The topological polar surface area (TPSA) is 62.3 Å². The van der Waals surface area contributed by atoms with Crippen LogP contribution in [0.25, 0.3) is 0 Å². The van der Waals surface area contributed by atoms with E-state index in [1.807, 2.05) is 4.90 Å². The fourth-order valence-electron chi connectivity index (χ4n) is 5.95. The van der Waals surface area contributed by atoms with Gasteiger partial charge in [-0.1, -0.05) is 54.6 Å². The SMILES string of the molecule is O=C(NC[C@H](O)CN1CCc2ccccc2C1)N1CCCC(N2CCN(Cc3ccccc3)CC2)C1. The van der Waals surface area contributed by atoms with Gasteiger partial charge in [-0.3, -0.25) is 14.7 Å². The second kappa shape index (κ2) is 12.2. The summed E-state index contributed by atoms with van der Waals surface area (Å²) >= 11 is 0. The van der Waals surface area contributed by atoms with E-state index < -0.39 is 6.10 Å². The first-order valence-electron chi connectivity index (χ1n) is 13.6. The number of rotatable bonds is 7. The molecule has 194 valence electrons. The van der Waals surface area contributed by atoms with Crippen LogP contribution in [0.1, 0.15) is 29.5 Å². The van der Waals surface area contributed by atoms with Gasteiger partial charge in [0.05, 0.1) is 6.10 Å². The smallest absolute Gasteiger partial charge is 0.317 e. The van der Waals surface area contributed by atoms with E-state index >= 15 is 0 Å². The van der Waals surface area contributed by atoms with E-state index in [0.717, 1.165) is 78.2 Å². The Morgan fingerprint density at radius 3 is 2.47 bits per heavy atom. The molecule has 2 amide bonds. The summed E-state index contributed by atoms with van der Waals surface area (Å²) < 4.78 is 0. The Morgan fingerprint density at radius 2 is 1.67 bits per heavy atom. The monoisotopic (exact) mass is 491 g/mol. The summed E-state index contributed by atoms with van der Waals surface area (Å²) in [4.78, 5) is 22.2. The van der Waals surface area contributed by atoms with Gasteiger partial charge in [0.25, 0.3) is 0 Å². The number of nitrogens with one attached hydrogen (secondary N) is 1. The van der Waals surface area contributed by atoms with E-state index in [1.165, 1.54) is 16.7 Å². The van der Waals surface area contributed by atoms with Crippen LogP contribution in [0.15, 0.2) is 54.6 Å². The Bertz CT molecular complexity index is 979. The first kappa shape index (κ1) is 25.2. The third-order valence-electron chi connectivity index (χ3n) is 8.02. The molecule has 2 fully saturated rings. The van der Waals surface area contributed by atoms with Gasteiger partial charge in [-0.05, 0) is 36.0 Å². The summed E-state index contributed by atoms with van der Waals surface area (Å²) in [5.41, 5.74) is 4.13. The van der Waals surface area contributed by atoms with Gasteiger partial charge in [0, 0.05) is 78.0 Å². The Morgan fingerprint density at radius 1 is 0.917 bits per heavy atom. The van der Waals surface area contributed by atoms with E-state index in [1.54, 1.807) is 0 Å². The number of hydrogen-bond donors (Lipinski definition) is 2. The Balaban J connectivity index is 1.02. The molecule has 2 aromatic carbocycles. The molecule has 1 unspecified atom stereocenters. The van der Waals surface area contributed by atoms with Crippen LogP contribution in [0.4, 0.5) is 4.79 Å². The molecule has 7 heteroatoms. The van der Waals surface area contributed by atoms with Crippen LogP contribution in [0.3, 0.4) is 0 Å². The molecule has 36 heavy (non-hydrogen) atoms. The van der Waals surface area contributed by atoms with Crippen LogP contribution >= 0.6 is 0 Å². The summed E-state index contributed by atoms with van der Waals surface area (Å²) in [7, 11) is 0. The number of aliphatic hydroxyl groups excluding tert-OH is 1. The van der Waals surface area contributed by atoms with Crippen molar-refractivity contribution in [1.29, 1.82) is 0 Å². The number of fused-ring (bicyclic) bond motifs is 1. The highest BCUT2D eigenvalue weighted by Crippen LogP contribution is 2.20. The molecule has 0 radical (unpaired) electrons. The molecule has 2 saturated heterocycles. The summed E-state index contributed by atoms with van der Waals surface area (Å²) in [6, 6.07) is 19.6. The van der Waals surface area contributed by atoms with E-state index in [4.69, 9.17) is 0 Å². The maximum absolute atomic E-state index is 12.9. The lowest BCUT2D eigenvalue weighted by atomic mass is 10.00. The average molecular weight is 492 g/mol. The molecule has 2 N–H and O–H groups in total. The Labute approximate surface area is 215 Å². The van der Waals surface area contributed by atoms with Gasteiger partial charge >= 0.3 is 6.03 Å². The number of piperidine rings is 1. The van der Waals surface area contributed by atoms with Crippen molar-refractivity contribution in [2.45, 2.75) is 44.5 Å². The number of piperazine rings is 1. The first-order valence-corrected chi connectivity index (χ1v) is 13.6. The predicted octanol–water partition coefficient (Wildman–Crippen LogP) is 2.40. The predicted molar refractivity (Wildman–Crippen MR) is 143 cm³/mol. The highest BCUT2D eigenvalue weighted by molar-refractivity contribution is 5.74. The van der Waals surface area contributed by atoms with Gasteiger partial charge in [0.2, 0.25) is 0 Å². The molecule has 2 aromatic rings. The zero-order valence-corrected chi connectivity index (χ0v) is 21.4. The lowest BCUT2D eigenvalue weighted by Crippen LogP contribution is -2.57. The Hall–Kier alpha value is -2.45. The van der Waals surface area contributed by atoms with Crippen molar-refractivity contribution in [2.75, 3.05) is 58.9 Å². The van der Waals surface area contributed by atoms with Crippen LogP contribution in [0, 0.1) is 0 Å². The molecule has 2 atom stereocenters. The molecule has 5 rings (SSSR count). The van der Waals surface area contributed by atoms with Gasteiger partial charge < -0.3 is 15.3 Å². The van der Waals surface area contributed by atoms with Crippen molar-refractivity contribution in [3.05, 3.63) is 71.3 Å². The molecule has 3 aliphatic rings. The fourth-order valence-corrected chi connectivity index (χ4v) is 5.95. The van der Waals surface area contributed by atoms with Gasteiger partial charge in [-0.15, -0.1) is 0 Å². The number of hydrogen-bond acceptors (Lipinski definition) is 5. The fraction of sp³-hybridized carbons (Fsp3) is 0.552. The molecule has 3 aliphatic heterocycles. The molecular weight excluding hydrogens is 450 g/mol. The van der Waals surface area contributed by atoms with E-state index in [0.29, 0.717) is 19.1 Å². The van der Waals surface area contributed by atoms with E-state index in [2.05, 4.69) is 74.6 Å². The molecular formula is C29H41N5O2. The van der Waals surface area contributed by atoms with Gasteiger partial charge in [-0.25, -0.2) is 4.79 Å². The van der Waals surface area contributed by atoms with Crippen LogP contribution < -0.4 is 5.32 Å². The number of likely N-dealkylation sites (tertiary alicyclic amines) is 1. The lowest BCUT2D eigenvalue weighted by molar-refractivity contribution is 0.0568. The molecule has 0 aliphatic carbocycles. The normalized spacial score (nSPS) is 22.7. The second-order valence-electron chi connectivity index (χ2n) is 10.6. The van der Waals surface area contributed by atoms with Crippen molar-refractivity contribution in [3.8, 4) is 0 Å². The number of β-amino-alcohol motifs (C(OH)–C–C–N with tert-alkyl or cyclic N) is 1. The standard InChI is InChI=1S/C29H41N5O2/c35-28(23-32-14-12-25-9-4-5-10-26(25)21-32)19-30-29(36)34-13-6-11-27(22-34)33-17-15-31(16-18-33)20-24-7-2-1-3-8-24/h1-5,7-10,27-28,35H,6,11-23H2,(H,30,36)/t27?,28-/m0/s1. The summed E-state index contributed by atoms with van der Waals surface area (Å²) in [5.74, 6) is 0. The van der Waals surface area contributed by atoms with Gasteiger partial charge in [0.1, 0.15) is 0 Å². The van der Waals surface area contributed by atoms with Crippen molar-refractivity contribution in [3.63, 3.8) is 0 Å². The molecule has 0 aromatic heterocycles. The van der Waals surface area contributed by atoms with E-state index in [-0.39, 0.29) is 6.03 Å². The first-order chi connectivity index (χ1) is 17.6.